The normalized spacial score (nSPS) is 13.4. The Hall–Kier alpha value is -4.82. The van der Waals surface area contributed by atoms with Gasteiger partial charge >= 0.3 is 0 Å². The van der Waals surface area contributed by atoms with Crippen LogP contribution in [-0.4, -0.2) is 24.6 Å². The van der Waals surface area contributed by atoms with E-state index >= 15 is 4.39 Å². The number of nitrogens with two attached hydrogens (primary N) is 1. The third-order valence-corrected chi connectivity index (χ3v) is 7.72. The van der Waals surface area contributed by atoms with Crippen LogP contribution in [0.1, 0.15) is 35.4 Å². The molecule has 198 valence electrons. The molecule has 1 saturated carbocycles. The summed E-state index contributed by atoms with van der Waals surface area (Å²) in [6.07, 6.45) is 3.72. The fourth-order valence-corrected chi connectivity index (χ4v) is 5.50. The van der Waals surface area contributed by atoms with E-state index in [-0.39, 0.29) is 17.9 Å². The van der Waals surface area contributed by atoms with Crippen LogP contribution in [0, 0.1) is 12.7 Å². The molecular weight excluding hydrogens is 505 g/mol. The second-order valence-electron chi connectivity index (χ2n) is 10.4. The summed E-state index contributed by atoms with van der Waals surface area (Å²) in [5.74, 6) is -0.0803. The van der Waals surface area contributed by atoms with Gasteiger partial charge in [0.25, 0.3) is 5.56 Å². The lowest BCUT2D eigenvalue weighted by Crippen LogP contribution is -2.20. The van der Waals surface area contributed by atoms with Crippen LogP contribution in [0.2, 0.25) is 0 Å². The highest BCUT2D eigenvalue weighted by molar-refractivity contribution is 5.96. The summed E-state index contributed by atoms with van der Waals surface area (Å²) in [6.45, 7) is 1.66. The van der Waals surface area contributed by atoms with Crippen LogP contribution < -0.4 is 11.3 Å². The van der Waals surface area contributed by atoms with Crippen LogP contribution in [0.25, 0.3) is 50.0 Å². The van der Waals surface area contributed by atoms with E-state index in [1.165, 1.54) is 10.6 Å². The number of fused-ring (bicyclic) bond motifs is 2. The maximum atomic E-state index is 15.2. The Morgan fingerprint density at radius 3 is 2.62 bits per heavy atom. The van der Waals surface area contributed by atoms with Gasteiger partial charge in [-0.1, -0.05) is 48.0 Å². The van der Waals surface area contributed by atoms with Gasteiger partial charge in [-0.2, -0.15) is 4.98 Å². The van der Waals surface area contributed by atoms with Gasteiger partial charge in [0, 0.05) is 28.4 Å². The van der Waals surface area contributed by atoms with Gasteiger partial charge in [0.15, 0.2) is 0 Å². The van der Waals surface area contributed by atoms with Crippen LogP contribution in [-0.2, 0) is 6.61 Å². The van der Waals surface area contributed by atoms with Crippen molar-refractivity contribution in [2.75, 3.05) is 5.73 Å². The zero-order chi connectivity index (χ0) is 27.5. The lowest BCUT2D eigenvalue weighted by atomic mass is 9.99. The number of halogens is 1. The number of H-pyrrole nitrogens is 1. The summed E-state index contributed by atoms with van der Waals surface area (Å²) in [4.78, 5) is 25.9. The molecule has 3 heterocycles. The third-order valence-electron chi connectivity index (χ3n) is 7.72. The number of pyridine rings is 1. The molecule has 0 amide bonds. The fourth-order valence-electron chi connectivity index (χ4n) is 5.50. The summed E-state index contributed by atoms with van der Waals surface area (Å²) in [5, 5.41) is 11.9. The minimum Gasteiger partial charge on any atom is -0.392 e. The molecule has 7 nitrogen and oxygen atoms in total. The highest BCUT2D eigenvalue weighted by Gasteiger charge is 2.25. The first-order chi connectivity index (χ1) is 19.4. The molecule has 1 aliphatic rings. The van der Waals surface area contributed by atoms with Crippen LogP contribution in [0.5, 0.6) is 0 Å². The Kier molecular flexibility index (Phi) is 5.54. The number of aromatic amines is 1. The molecule has 7 rings (SSSR count). The van der Waals surface area contributed by atoms with Gasteiger partial charge in [0.2, 0.25) is 5.95 Å². The van der Waals surface area contributed by atoms with Crippen LogP contribution in [0.15, 0.2) is 77.7 Å². The number of hydrogen-bond donors (Lipinski definition) is 3. The smallest absolute Gasteiger partial charge is 0.265 e. The molecular formula is C32H26FN5O2. The maximum Gasteiger partial charge on any atom is 0.265 e. The lowest BCUT2D eigenvalue weighted by molar-refractivity contribution is 0.282. The van der Waals surface area contributed by atoms with E-state index in [4.69, 9.17) is 5.73 Å². The molecule has 40 heavy (non-hydrogen) atoms. The third kappa shape index (κ3) is 3.96. The van der Waals surface area contributed by atoms with Gasteiger partial charge < -0.3 is 15.8 Å². The summed E-state index contributed by atoms with van der Waals surface area (Å²) in [7, 11) is 0. The summed E-state index contributed by atoms with van der Waals surface area (Å²) in [5.41, 5.74) is 12.1. The number of benzene rings is 3. The molecule has 1 aliphatic carbocycles. The van der Waals surface area contributed by atoms with Crippen LogP contribution in [0.3, 0.4) is 0 Å². The lowest BCUT2D eigenvalue weighted by Gasteiger charge is -2.16. The van der Waals surface area contributed by atoms with Crippen molar-refractivity contribution in [2.24, 2.45) is 0 Å². The van der Waals surface area contributed by atoms with E-state index in [9.17, 15) is 9.90 Å². The molecule has 0 aliphatic heterocycles. The molecule has 0 saturated heterocycles. The zero-order valence-corrected chi connectivity index (χ0v) is 21.8. The minimum absolute atomic E-state index is 0.0308. The Labute approximate surface area is 228 Å². The minimum atomic E-state index is -0.526. The quantitative estimate of drug-likeness (QED) is 0.253. The number of nitrogens with zero attached hydrogens (tertiary/aromatic N) is 3. The van der Waals surface area contributed by atoms with Crippen molar-refractivity contribution in [3.8, 4) is 28.2 Å². The number of nitrogens with one attached hydrogen (secondary N) is 1. The number of anilines is 1. The molecule has 3 aromatic heterocycles. The number of nitrogen functional groups attached to an aromatic ring is 1. The number of hydrogen-bond acceptors (Lipinski definition) is 5. The summed E-state index contributed by atoms with van der Waals surface area (Å²) >= 11 is 0. The van der Waals surface area contributed by atoms with Crippen molar-refractivity contribution >= 4 is 27.8 Å². The van der Waals surface area contributed by atoms with Crippen molar-refractivity contribution < 1.29 is 9.50 Å². The van der Waals surface area contributed by atoms with Crippen molar-refractivity contribution in [3.63, 3.8) is 0 Å². The molecule has 1 fully saturated rings. The van der Waals surface area contributed by atoms with Crippen molar-refractivity contribution in [1.29, 1.82) is 0 Å². The molecule has 0 atom stereocenters. The van der Waals surface area contributed by atoms with Gasteiger partial charge in [0.1, 0.15) is 11.5 Å². The molecule has 0 radical (unpaired) electrons. The van der Waals surface area contributed by atoms with Gasteiger partial charge in [-0.25, -0.2) is 9.37 Å². The second-order valence-corrected chi connectivity index (χ2v) is 10.4. The fraction of sp³-hybridized carbons (Fsp3) is 0.156. The average Bonchev–Trinajstić information content (AvgIpc) is 3.72. The van der Waals surface area contributed by atoms with Gasteiger partial charge in [-0.3, -0.25) is 9.36 Å². The van der Waals surface area contributed by atoms with Crippen LogP contribution in [0.4, 0.5) is 10.3 Å². The summed E-state index contributed by atoms with van der Waals surface area (Å²) < 4.78 is 16.6. The van der Waals surface area contributed by atoms with Crippen molar-refractivity contribution in [3.05, 3.63) is 106 Å². The van der Waals surface area contributed by atoms with Crippen molar-refractivity contribution in [1.82, 2.24) is 19.5 Å². The van der Waals surface area contributed by atoms with E-state index in [2.05, 4.69) is 15.0 Å². The maximum absolute atomic E-state index is 15.2. The molecule has 0 bridgehead atoms. The number of aryl methyl sites for hydroxylation is 1. The SMILES string of the molecule is Cc1ccc(-c2cc3c(-c4cccc(-n5ccc6cc(C7CC7)cc(F)c6c5=O)c4CO)nc(N)nc3[nH]2)cc1. The Morgan fingerprint density at radius 1 is 1.07 bits per heavy atom. The standard InChI is InChI=1S/C32H26FN5O2/c1-17-5-7-19(8-6-17)26-15-23-29(36-32(34)37-30(23)35-26)22-3-2-4-27(24(22)16-39)38-12-11-20-13-21(18-9-10-18)14-25(33)28(20)31(38)40/h2-8,11-15,18,39H,9-10,16H2,1H3,(H3,34,35,36,37). The monoisotopic (exact) mass is 531 g/mol. The highest BCUT2D eigenvalue weighted by Crippen LogP contribution is 2.41. The highest BCUT2D eigenvalue weighted by atomic mass is 19.1. The van der Waals surface area contributed by atoms with Gasteiger partial charge in [0.05, 0.1) is 23.4 Å². The Morgan fingerprint density at radius 2 is 1.88 bits per heavy atom. The van der Waals surface area contributed by atoms with Gasteiger partial charge in [-0.15, -0.1) is 0 Å². The number of aromatic nitrogens is 4. The number of aliphatic hydroxyl groups excluding tert-OH is 1. The van der Waals surface area contributed by atoms with Crippen LogP contribution >= 0.6 is 0 Å². The zero-order valence-electron chi connectivity index (χ0n) is 21.8. The second kappa shape index (κ2) is 9.14. The number of rotatable bonds is 5. The molecule has 0 unspecified atom stereocenters. The number of aliphatic hydroxyl groups is 1. The Bertz CT molecular complexity index is 2010. The predicted molar refractivity (Wildman–Crippen MR) is 155 cm³/mol. The molecule has 0 spiro atoms. The molecule has 8 heteroatoms. The molecule has 3 aromatic carbocycles. The molecule has 4 N–H and O–H groups in total. The first-order valence-corrected chi connectivity index (χ1v) is 13.2. The largest absolute Gasteiger partial charge is 0.392 e. The summed E-state index contributed by atoms with van der Waals surface area (Å²) in [6, 6.07) is 20.5. The van der Waals surface area contributed by atoms with E-state index in [1.807, 2.05) is 49.4 Å². The predicted octanol–water partition coefficient (Wildman–Crippen LogP) is 6.00. The average molecular weight is 532 g/mol. The van der Waals surface area contributed by atoms with Gasteiger partial charge in [-0.05, 0) is 66.5 Å². The van der Waals surface area contributed by atoms with E-state index in [1.54, 1.807) is 24.4 Å². The van der Waals surface area contributed by atoms with E-state index in [0.717, 1.165) is 40.6 Å². The first-order valence-electron chi connectivity index (χ1n) is 13.2. The first kappa shape index (κ1) is 24.2. The molecule has 6 aromatic rings. The van der Waals surface area contributed by atoms with E-state index < -0.39 is 11.4 Å². The van der Waals surface area contributed by atoms with E-state index in [0.29, 0.717) is 39.5 Å². The Balaban J connectivity index is 1.41. The topological polar surface area (TPSA) is 110 Å². The van der Waals surface area contributed by atoms with Crippen molar-refractivity contribution in [2.45, 2.75) is 32.3 Å².